The van der Waals surface area contributed by atoms with Gasteiger partial charge in [-0.2, -0.15) is 9.36 Å². The highest BCUT2D eigenvalue weighted by Gasteiger charge is 2.16. The lowest BCUT2D eigenvalue weighted by atomic mass is 10.1. The Morgan fingerprint density at radius 2 is 1.83 bits per heavy atom. The van der Waals surface area contributed by atoms with Gasteiger partial charge >= 0.3 is 0 Å². The minimum Gasteiger partial charge on any atom is -0.493 e. The number of methoxy groups -OCH3 is 1. The van der Waals surface area contributed by atoms with E-state index in [1.54, 1.807) is 30.3 Å². The monoisotopic (exact) mass is 493 g/mol. The molecule has 0 aliphatic carbocycles. The second-order valence-electron chi connectivity index (χ2n) is 7.62. The second-order valence-corrected chi connectivity index (χ2v) is 8.33. The van der Waals surface area contributed by atoms with Crippen LogP contribution in [0.5, 0.6) is 28.2 Å². The zero-order valence-electron chi connectivity index (χ0n) is 18.6. The van der Waals surface area contributed by atoms with Crippen LogP contribution < -0.4 is 24.3 Å². The molecule has 8 nitrogen and oxygen atoms in total. The number of amides is 1. The number of fused-ring (bicyclic) bond motifs is 1. The van der Waals surface area contributed by atoms with E-state index in [9.17, 15) is 9.18 Å². The van der Waals surface area contributed by atoms with E-state index in [-0.39, 0.29) is 18.5 Å². The molecule has 4 aromatic rings. The van der Waals surface area contributed by atoms with Crippen molar-refractivity contribution in [3.05, 3.63) is 89.0 Å². The maximum Gasteiger partial charge on any atom is 0.298 e. The molecule has 0 spiro atoms. The van der Waals surface area contributed by atoms with E-state index in [4.69, 9.17) is 18.9 Å². The molecule has 0 radical (unpaired) electrons. The van der Waals surface area contributed by atoms with Gasteiger partial charge in [0.05, 0.1) is 7.11 Å². The normalized spacial score (nSPS) is 11.8. The van der Waals surface area contributed by atoms with Gasteiger partial charge in [0, 0.05) is 30.1 Å². The number of aromatic nitrogens is 2. The summed E-state index contributed by atoms with van der Waals surface area (Å²) >= 11 is 1.08. The molecule has 0 saturated heterocycles. The summed E-state index contributed by atoms with van der Waals surface area (Å²) in [6.07, 6.45) is 0.444. The number of carbonyl (C=O) groups is 1. The maximum absolute atomic E-state index is 13.1. The van der Waals surface area contributed by atoms with Gasteiger partial charge in [-0.15, -0.1) is 0 Å². The van der Waals surface area contributed by atoms with Gasteiger partial charge < -0.3 is 24.3 Å². The largest absolute Gasteiger partial charge is 0.493 e. The standard InChI is InChI=1S/C25H20FN3O5S/c1-31-19-9-5-17(24(30)27-13-16-4-8-20-21(10-16)33-14-32-20)12-22(19)34-25-28-23(29-35-25)11-15-2-6-18(26)7-3-15/h2-10,12H,11,13-14H2,1H3,(H,27,30). The van der Waals surface area contributed by atoms with Crippen molar-refractivity contribution >= 4 is 17.4 Å². The molecule has 1 aliphatic rings. The Hall–Kier alpha value is -4.18. The minimum absolute atomic E-state index is 0.197. The summed E-state index contributed by atoms with van der Waals surface area (Å²) in [5.74, 6) is 2.12. The second kappa shape index (κ2) is 9.98. The van der Waals surface area contributed by atoms with Gasteiger partial charge in [0.1, 0.15) is 5.82 Å². The lowest BCUT2D eigenvalue weighted by Crippen LogP contribution is -2.22. The quantitative estimate of drug-likeness (QED) is 0.380. The van der Waals surface area contributed by atoms with Crippen molar-refractivity contribution in [2.45, 2.75) is 13.0 Å². The lowest BCUT2D eigenvalue weighted by Gasteiger charge is -2.11. The first-order valence-corrected chi connectivity index (χ1v) is 11.4. The summed E-state index contributed by atoms with van der Waals surface area (Å²) in [5.41, 5.74) is 2.17. The summed E-state index contributed by atoms with van der Waals surface area (Å²) < 4.78 is 39.4. The van der Waals surface area contributed by atoms with Gasteiger partial charge in [-0.25, -0.2) is 4.39 Å². The van der Waals surface area contributed by atoms with Gasteiger partial charge in [-0.1, -0.05) is 18.2 Å². The Labute approximate surface area is 204 Å². The molecule has 1 N–H and O–H groups in total. The Bertz CT molecular complexity index is 1360. The Balaban J connectivity index is 1.26. The zero-order valence-corrected chi connectivity index (χ0v) is 19.4. The average Bonchev–Trinajstić information content (AvgIpc) is 3.53. The summed E-state index contributed by atoms with van der Waals surface area (Å²) in [5, 5.41) is 3.19. The van der Waals surface area contributed by atoms with E-state index in [1.807, 2.05) is 18.2 Å². The highest BCUT2D eigenvalue weighted by molar-refractivity contribution is 7.07. The Morgan fingerprint density at radius 1 is 1.03 bits per heavy atom. The third kappa shape index (κ3) is 5.33. The van der Waals surface area contributed by atoms with Crippen LogP contribution in [-0.2, 0) is 13.0 Å². The van der Waals surface area contributed by atoms with Crippen LogP contribution in [-0.4, -0.2) is 29.2 Å². The topological polar surface area (TPSA) is 91.8 Å². The highest BCUT2D eigenvalue weighted by atomic mass is 32.1. The molecule has 1 aliphatic heterocycles. The predicted molar refractivity (Wildman–Crippen MR) is 126 cm³/mol. The first kappa shape index (κ1) is 22.6. The maximum atomic E-state index is 13.1. The summed E-state index contributed by atoms with van der Waals surface area (Å²) in [7, 11) is 1.52. The first-order valence-electron chi connectivity index (χ1n) is 10.7. The van der Waals surface area contributed by atoms with Crippen LogP contribution in [0, 0.1) is 5.82 Å². The van der Waals surface area contributed by atoms with E-state index in [0.717, 1.165) is 22.7 Å². The van der Waals surface area contributed by atoms with Gasteiger partial charge in [0.15, 0.2) is 28.8 Å². The average molecular weight is 494 g/mol. The van der Waals surface area contributed by atoms with Crippen molar-refractivity contribution in [1.29, 1.82) is 0 Å². The molecule has 2 heterocycles. The molecule has 0 saturated carbocycles. The van der Waals surface area contributed by atoms with E-state index < -0.39 is 0 Å². The Morgan fingerprint density at radius 3 is 2.66 bits per heavy atom. The van der Waals surface area contributed by atoms with Gasteiger partial charge in [0.2, 0.25) is 6.79 Å². The minimum atomic E-state index is -0.295. The van der Waals surface area contributed by atoms with Crippen LogP contribution in [0.4, 0.5) is 4.39 Å². The number of hydrogen-bond acceptors (Lipinski definition) is 8. The first-order chi connectivity index (χ1) is 17.1. The van der Waals surface area contributed by atoms with Crippen LogP contribution in [0.3, 0.4) is 0 Å². The smallest absolute Gasteiger partial charge is 0.298 e. The Kier molecular flexibility index (Phi) is 6.44. The third-order valence-corrected chi connectivity index (χ3v) is 5.87. The zero-order chi connectivity index (χ0) is 24.2. The molecule has 178 valence electrons. The highest BCUT2D eigenvalue weighted by Crippen LogP contribution is 2.34. The van der Waals surface area contributed by atoms with E-state index >= 15 is 0 Å². The summed E-state index contributed by atoms with van der Waals surface area (Å²) in [6.45, 7) is 0.517. The van der Waals surface area contributed by atoms with Crippen LogP contribution in [0.15, 0.2) is 60.7 Å². The fourth-order valence-electron chi connectivity index (χ4n) is 3.46. The number of rotatable bonds is 8. The molecule has 1 amide bonds. The molecule has 0 atom stereocenters. The number of carbonyl (C=O) groups excluding carboxylic acids is 1. The van der Waals surface area contributed by atoms with Crippen molar-refractivity contribution in [2.24, 2.45) is 0 Å². The molecule has 0 bridgehead atoms. The molecule has 0 fully saturated rings. The lowest BCUT2D eigenvalue weighted by molar-refractivity contribution is 0.0950. The molecule has 0 unspecified atom stereocenters. The van der Waals surface area contributed by atoms with Gasteiger partial charge in [-0.3, -0.25) is 4.79 Å². The molecule has 5 rings (SSSR count). The van der Waals surface area contributed by atoms with Crippen LogP contribution >= 0.6 is 11.5 Å². The molecular weight excluding hydrogens is 473 g/mol. The van der Waals surface area contributed by atoms with E-state index in [0.29, 0.717) is 52.5 Å². The van der Waals surface area contributed by atoms with Crippen molar-refractivity contribution < 1.29 is 28.1 Å². The summed E-state index contributed by atoms with van der Waals surface area (Å²) in [6, 6.07) is 16.6. The molecule has 1 aromatic heterocycles. The van der Waals surface area contributed by atoms with Crippen molar-refractivity contribution in [3.8, 4) is 28.2 Å². The number of nitrogens with one attached hydrogen (secondary N) is 1. The number of hydrogen-bond donors (Lipinski definition) is 1. The van der Waals surface area contributed by atoms with Gasteiger partial charge in [-0.05, 0) is 53.6 Å². The molecule has 3 aromatic carbocycles. The van der Waals surface area contributed by atoms with Gasteiger partial charge in [0.25, 0.3) is 11.1 Å². The predicted octanol–water partition coefficient (Wildman–Crippen LogP) is 4.73. The number of ether oxygens (including phenoxy) is 4. The van der Waals surface area contributed by atoms with Crippen molar-refractivity contribution in [1.82, 2.24) is 14.7 Å². The summed E-state index contributed by atoms with van der Waals surface area (Å²) in [4.78, 5) is 17.2. The number of nitrogens with zero attached hydrogens (tertiary/aromatic N) is 2. The fraction of sp³-hybridized carbons (Fsp3) is 0.160. The van der Waals surface area contributed by atoms with E-state index in [1.165, 1.54) is 19.2 Å². The molecular formula is C25H20FN3O5S. The van der Waals surface area contributed by atoms with Crippen LogP contribution in [0.1, 0.15) is 27.3 Å². The SMILES string of the molecule is COc1ccc(C(=O)NCc2ccc3c(c2)OCO3)cc1Oc1nc(Cc2ccc(F)cc2)ns1. The van der Waals surface area contributed by atoms with Crippen LogP contribution in [0.2, 0.25) is 0 Å². The number of benzene rings is 3. The van der Waals surface area contributed by atoms with E-state index in [2.05, 4.69) is 14.7 Å². The molecule has 10 heteroatoms. The molecule has 35 heavy (non-hydrogen) atoms. The van der Waals surface area contributed by atoms with Crippen LogP contribution in [0.25, 0.3) is 0 Å². The number of halogens is 1. The van der Waals surface area contributed by atoms with Crippen molar-refractivity contribution in [3.63, 3.8) is 0 Å². The fourth-order valence-corrected chi connectivity index (χ4v) is 4.03. The third-order valence-electron chi connectivity index (χ3n) is 5.24. The van der Waals surface area contributed by atoms with Crippen molar-refractivity contribution in [2.75, 3.05) is 13.9 Å².